The number of H-pyrrole nitrogens is 1. The van der Waals surface area contributed by atoms with Crippen LogP contribution in [-0.2, 0) is 11.4 Å². The fourth-order valence-corrected chi connectivity index (χ4v) is 3.59. The normalized spacial score (nSPS) is 13.6. The maximum Gasteiger partial charge on any atom is 0.290 e. The second-order valence-corrected chi connectivity index (χ2v) is 7.06. The number of aliphatic hydroxyl groups excluding tert-OH is 1. The van der Waals surface area contributed by atoms with Crippen molar-refractivity contribution in [1.29, 1.82) is 0 Å². The average Bonchev–Trinajstić information content (AvgIpc) is 3.43. The number of fused-ring (bicyclic) bond motifs is 1. The first kappa shape index (κ1) is 21.5. The van der Waals surface area contributed by atoms with Gasteiger partial charge in [-0.25, -0.2) is 4.98 Å². The zero-order valence-corrected chi connectivity index (χ0v) is 16.7. The van der Waals surface area contributed by atoms with E-state index in [1.165, 1.54) is 12.8 Å². The molecule has 0 radical (unpaired) electrons. The summed E-state index contributed by atoms with van der Waals surface area (Å²) >= 11 is 0. The molecular formula is C22H26N4O4. The number of nitrogens with one attached hydrogen (secondary N) is 2. The standard InChI is InChI=1S/C21H24N4O2.CH2O2/c26-14-20-23-18-7-6-16(13-19(18)24-20)15-4-3-5-17(12-15)21(27)22-8-11-25-9-1-2-10-25;2-1-3/h3-7,12-13,26H,1-2,8-11,14H2,(H,22,27)(H,23,24);1H,(H,2,3). The predicted molar refractivity (Wildman–Crippen MR) is 114 cm³/mol. The summed E-state index contributed by atoms with van der Waals surface area (Å²) in [6.07, 6.45) is 2.52. The van der Waals surface area contributed by atoms with E-state index < -0.39 is 0 Å². The highest BCUT2D eigenvalue weighted by molar-refractivity contribution is 5.95. The number of imidazole rings is 1. The molecular weight excluding hydrogens is 384 g/mol. The van der Waals surface area contributed by atoms with Gasteiger partial charge >= 0.3 is 0 Å². The largest absolute Gasteiger partial charge is 0.483 e. The number of hydrogen-bond acceptors (Lipinski definition) is 5. The quantitative estimate of drug-likeness (QED) is 0.463. The molecule has 8 nitrogen and oxygen atoms in total. The van der Waals surface area contributed by atoms with Crippen LogP contribution in [0.3, 0.4) is 0 Å². The molecule has 3 aromatic rings. The zero-order valence-electron chi connectivity index (χ0n) is 16.7. The third-order valence-electron chi connectivity index (χ3n) is 5.05. The molecule has 2 aromatic carbocycles. The maximum atomic E-state index is 12.5. The molecule has 0 unspecified atom stereocenters. The maximum absolute atomic E-state index is 12.5. The van der Waals surface area contributed by atoms with E-state index in [9.17, 15) is 9.90 Å². The van der Waals surface area contributed by atoms with Crippen LogP contribution in [0.5, 0.6) is 0 Å². The van der Waals surface area contributed by atoms with Crippen LogP contribution in [-0.4, -0.2) is 63.6 Å². The first-order valence-electron chi connectivity index (χ1n) is 9.93. The number of hydrogen-bond donors (Lipinski definition) is 4. The lowest BCUT2D eigenvalue weighted by Crippen LogP contribution is -2.33. The summed E-state index contributed by atoms with van der Waals surface area (Å²) in [6, 6.07) is 13.5. The Labute approximate surface area is 174 Å². The van der Waals surface area contributed by atoms with Gasteiger partial charge in [-0.1, -0.05) is 18.2 Å². The van der Waals surface area contributed by atoms with Gasteiger partial charge in [-0.3, -0.25) is 9.59 Å². The number of benzene rings is 2. The van der Waals surface area contributed by atoms with Gasteiger partial charge in [-0.2, -0.15) is 0 Å². The molecule has 0 atom stereocenters. The van der Waals surface area contributed by atoms with Gasteiger partial charge in [0, 0.05) is 18.7 Å². The van der Waals surface area contributed by atoms with Gasteiger partial charge in [0.05, 0.1) is 11.0 Å². The van der Waals surface area contributed by atoms with Crippen molar-refractivity contribution in [2.75, 3.05) is 26.2 Å². The molecule has 0 bridgehead atoms. The molecule has 158 valence electrons. The lowest BCUT2D eigenvalue weighted by molar-refractivity contribution is -0.122. The highest BCUT2D eigenvalue weighted by Gasteiger charge is 2.12. The Morgan fingerprint density at radius 1 is 1.17 bits per heavy atom. The SMILES string of the molecule is O=C(NCCN1CCCC1)c1cccc(-c2ccc3nc(CO)[nH]c3c2)c1.O=CO. The van der Waals surface area contributed by atoms with Crippen molar-refractivity contribution in [3.8, 4) is 11.1 Å². The monoisotopic (exact) mass is 410 g/mol. The molecule has 4 rings (SSSR count). The molecule has 1 fully saturated rings. The van der Waals surface area contributed by atoms with Crippen LogP contribution in [0.25, 0.3) is 22.2 Å². The molecule has 30 heavy (non-hydrogen) atoms. The topological polar surface area (TPSA) is 119 Å². The number of aromatic amines is 1. The van der Waals surface area contributed by atoms with E-state index in [0.717, 1.165) is 41.8 Å². The van der Waals surface area contributed by atoms with Crippen molar-refractivity contribution < 1.29 is 19.8 Å². The second kappa shape index (κ2) is 10.5. The fraction of sp³-hybridized carbons (Fsp3) is 0.318. The number of nitrogens with zero attached hydrogens (tertiary/aromatic N) is 2. The zero-order chi connectivity index (χ0) is 21.3. The molecule has 1 aliphatic rings. The van der Waals surface area contributed by atoms with Crippen LogP contribution in [0.15, 0.2) is 42.5 Å². The Kier molecular flexibility index (Phi) is 7.53. The smallest absolute Gasteiger partial charge is 0.290 e. The molecule has 1 amide bonds. The van der Waals surface area contributed by atoms with Crippen LogP contribution in [0.1, 0.15) is 29.0 Å². The summed E-state index contributed by atoms with van der Waals surface area (Å²) in [4.78, 5) is 30.6. The van der Waals surface area contributed by atoms with E-state index in [2.05, 4.69) is 20.2 Å². The van der Waals surface area contributed by atoms with Crippen LogP contribution < -0.4 is 5.32 Å². The lowest BCUT2D eigenvalue weighted by atomic mass is 10.0. The molecule has 0 spiro atoms. The van der Waals surface area contributed by atoms with Crippen molar-refractivity contribution in [3.05, 3.63) is 53.9 Å². The number of amides is 1. The minimum Gasteiger partial charge on any atom is -0.483 e. The van der Waals surface area contributed by atoms with E-state index in [1.807, 2.05) is 42.5 Å². The van der Waals surface area contributed by atoms with Gasteiger partial charge in [0.2, 0.25) is 0 Å². The van der Waals surface area contributed by atoms with E-state index in [-0.39, 0.29) is 19.0 Å². The van der Waals surface area contributed by atoms with Crippen LogP contribution >= 0.6 is 0 Å². The van der Waals surface area contributed by atoms with Crippen molar-refractivity contribution in [2.24, 2.45) is 0 Å². The first-order chi connectivity index (χ1) is 14.6. The highest BCUT2D eigenvalue weighted by Crippen LogP contribution is 2.24. The Morgan fingerprint density at radius 2 is 1.90 bits per heavy atom. The van der Waals surface area contributed by atoms with Crippen LogP contribution in [0.2, 0.25) is 0 Å². The Morgan fingerprint density at radius 3 is 2.63 bits per heavy atom. The Balaban J connectivity index is 0.000000806. The highest BCUT2D eigenvalue weighted by atomic mass is 16.3. The lowest BCUT2D eigenvalue weighted by Gasteiger charge is -2.14. The molecule has 1 aliphatic heterocycles. The van der Waals surface area contributed by atoms with Crippen LogP contribution in [0, 0.1) is 0 Å². The van der Waals surface area contributed by atoms with Crippen molar-refractivity contribution in [1.82, 2.24) is 20.2 Å². The number of carbonyl (C=O) groups excluding carboxylic acids is 1. The first-order valence-corrected chi connectivity index (χ1v) is 9.93. The number of rotatable bonds is 6. The number of likely N-dealkylation sites (tertiary alicyclic amines) is 1. The van der Waals surface area contributed by atoms with Crippen LogP contribution in [0.4, 0.5) is 0 Å². The molecule has 1 aromatic heterocycles. The molecule has 8 heteroatoms. The summed E-state index contributed by atoms with van der Waals surface area (Å²) in [7, 11) is 0. The minimum absolute atomic E-state index is 0.0405. The van der Waals surface area contributed by atoms with Crippen molar-refractivity contribution in [3.63, 3.8) is 0 Å². The summed E-state index contributed by atoms with van der Waals surface area (Å²) in [5, 5.41) is 19.1. The number of carbonyl (C=O) groups is 2. The number of aliphatic hydroxyl groups is 1. The van der Waals surface area contributed by atoms with Gasteiger partial charge in [-0.05, 0) is 61.3 Å². The number of carboxylic acid groups (broad SMARTS) is 1. The molecule has 2 heterocycles. The summed E-state index contributed by atoms with van der Waals surface area (Å²) in [5.41, 5.74) is 4.33. The second-order valence-electron chi connectivity index (χ2n) is 7.06. The molecule has 0 saturated carbocycles. The van der Waals surface area contributed by atoms with E-state index >= 15 is 0 Å². The van der Waals surface area contributed by atoms with Crippen molar-refractivity contribution in [2.45, 2.75) is 19.4 Å². The number of aromatic nitrogens is 2. The van der Waals surface area contributed by atoms with Gasteiger partial charge in [0.1, 0.15) is 12.4 Å². The van der Waals surface area contributed by atoms with E-state index in [4.69, 9.17) is 9.90 Å². The summed E-state index contributed by atoms with van der Waals surface area (Å²) < 4.78 is 0. The summed E-state index contributed by atoms with van der Waals surface area (Å²) in [6.45, 7) is 3.50. The third-order valence-corrected chi connectivity index (χ3v) is 5.05. The Bertz CT molecular complexity index is 996. The average molecular weight is 410 g/mol. The minimum atomic E-state index is -0.250. The predicted octanol–water partition coefficient (Wildman–Crippen LogP) is 2.25. The fourth-order valence-electron chi connectivity index (χ4n) is 3.59. The van der Waals surface area contributed by atoms with Gasteiger partial charge < -0.3 is 25.4 Å². The summed E-state index contributed by atoms with van der Waals surface area (Å²) in [5.74, 6) is 0.509. The van der Waals surface area contributed by atoms with E-state index in [1.54, 1.807) is 0 Å². The molecule has 0 aliphatic carbocycles. The van der Waals surface area contributed by atoms with E-state index in [0.29, 0.717) is 17.9 Å². The third kappa shape index (κ3) is 5.43. The molecule has 4 N–H and O–H groups in total. The molecule has 1 saturated heterocycles. The van der Waals surface area contributed by atoms with Gasteiger partial charge in [0.15, 0.2) is 0 Å². The van der Waals surface area contributed by atoms with Gasteiger partial charge in [0.25, 0.3) is 12.4 Å². The van der Waals surface area contributed by atoms with Gasteiger partial charge in [-0.15, -0.1) is 0 Å². The Hall–Kier alpha value is -3.23. The van der Waals surface area contributed by atoms with Crippen molar-refractivity contribution >= 4 is 23.4 Å².